The first kappa shape index (κ1) is 13.0. The van der Waals surface area contributed by atoms with Gasteiger partial charge in [0.15, 0.2) is 0 Å². The van der Waals surface area contributed by atoms with E-state index in [9.17, 15) is 10.2 Å². The Morgan fingerprint density at radius 1 is 1.44 bits per heavy atom. The molecule has 1 aromatic rings. The fourth-order valence-electron chi connectivity index (χ4n) is 1.41. The van der Waals surface area contributed by atoms with Gasteiger partial charge in [-0.1, -0.05) is 22.0 Å². The number of rotatable bonds is 4. The number of halogens is 1. The van der Waals surface area contributed by atoms with Gasteiger partial charge in [-0.3, -0.25) is 0 Å². The molecule has 4 nitrogen and oxygen atoms in total. The smallest absolute Gasteiger partial charge is 0.106 e. The number of anilines is 1. The second kappa shape index (κ2) is 5.85. The Balaban J connectivity index is 2.99. The first-order valence-corrected chi connectivity index (χ1v) is 5.94. The van der Waals surface area contributed by atoms with Gasteiger partial charge in [0.05, 0.1) is 17.7 Å². The molecule has 0 spiro atoms. The summed E-state index contributed by atoms with van der Waals surface area (Å²) in [4.78, 5) is 0. The number of hydrogen-bond donors (Lipinski definition) is 3. The molecule has 1 rings (SSSR count). The molecule has 0 bridgehead atoms. The summed E-state index contributed by atoms with van der Waals surface area (Å²) in [6.45, 7) is 0. The van der Waals surface area contributed by atoms with Crippen molar-refractivity contribution < 1.29 is 10.2 Å². The molecule has 86 valence electrons. The first-order chi connectivity index (χ1) is 7.60. The Bertz CT molecular complexity index is 403. The molecule has 0 aromatic heterocycles. The SMILES string of the molecule is N#Cc1cc(N)ccc1C(O)C(O)CCBr. The van der Waals surface area contributed by atoms with Crippen LogP contribution in [0.3, 0.4) is 0 Å². The molecule has 0 radical (unpaired) electrons. The third-order valence-electron chi connectivity index (χ3n) is 2.29. The van der Waals surface area contributed by atoms with Gasteiger partial charge in [0.2, 0.25) is 0 Å². The van der Waals surface area contributed by atoms with E-state index in [1.807, 2.05) is 6.07 Å². The van der Waals surface area contributed by atoms with Crippen LogP contribution in [0.5, 0.6) is 0 Å². The van der Waals surface area contributed by atoms with Crippen molar-refractivity contribution in [2.75, 3.05) is 11.1 Å². The van der Waals surface area contributed by atoms with E-state index in [4.69, 9.17) is 11.0 Å². The lowest BCUT2D eigenvalue weighted by molar-refractivity contribution is 0.0172. The maximum atomic E-state index is 9.86. The molecular weight excluding hydrogens is 272 g/mol. The van der Waals surface area contributed by atoms with E-state index >= 15 is 0 Å². The van der Waals surface area contributed by atoms with Crippen molar-refractivity contribution in [2.24, 2.45) is 0 Å². The zero-order valence-corrected chi connectivity index (χ0v) is 10.2. The average molecular weight is 285 g/mol. The van der Waals surface area contributed by atoms with Crippen molar-refractivity contribution >= 4 is 21.6 Å². The number of nitrogens with zero attached hydrogens (tertiary/aromatic N) is 1. The van der Waals surface area contributed by atoms with Gasteiger partial charge in [0.1, 0.15) is 6.10 Å². The van der Waals surface area contributed by atoms with Crippen LogP contribution in [-0.4, -0.2) is 21.6 Å². The molecule has 16 heavy (non-hydrogen) atoms. The van der Waals surface area contributed by atoms with Gasteiger partial charge in [-0.05, 0) is 18.6 Å². The number of alkyl halides is 1. The third-order valence-corrected chi connectivity index (χ3v) is 2.74. The quantitative estimate of drug-likeness (QED) is 0.575. The lowest BCUT2D eigenvalue weighted by Gasteiger charge is -2.18. The highest BCUT2D eigenvalue weighted by Crippen LogP contribution is 2.24. The van der Waals surface area contributed by atoms with Crippen molar-refractivity contribution in [1.82, 2.24) is 0 Å². The summed E-state index contributed by atoms with van der Waals surface area (Å²) in [5.74, 6) is 0. The zero-order chi connectivity index (χ0) is 12.1. The van der Waals surface area contributed by atoms with Gasteiger partial charge in [-0.2, -0.15) is 5.26 Å². The number of nitriles is 1. The number of benzene rings is 1. The molecule has 0 aliphatic carbocycles. The molecule has 0 amide bonds. The monoisotopic (exact) mass is 284 g/mol. The lowest BCUT2D eigenvalue weighted by Crippen LogP contribution is -2.19. The number of aliphatic hydroxyl groups is 2. The van der Waals surface area contributed by atoms with E-state index in [1.54, 1.807) is 12.1 Å². The highest BCUT2D eigenvalue weighted by Gasteiger charge is 2.20. The fraction of sp³-hybridized carbons (Fsp3) is 0.364. The normalized spacial score (nSPS) is 14.1. The Morgan fingerprint density at radius 2 is 2.12 bits per heavy atom. The van der Waals surface area contributed by atoms with Crippen LogP contribution in [0.2, 0.25) is 0 Å². The zero-order valence-electron chi connectivity index (χ0n) is 8.60. The average Bonchev–Trinajstić information content (AvgIpc) is 2.28. The van der Waals surface area contributed by atoms with Crippen LogP contribution in [0.15, 0.2) is 18.2 Å². The molecule has 0 heterocycles. The largest absolute Gasteiger partial charge is 0.399 e. The summed E-state index contributed by atoms with van der Waals surface area (Å²) in [6, 6.07) is 6.60. The van der Waals surface area contributed by atoms with Crippen LogP contribution < -0.4 is 5.73 Å². The van der Waals surface area contributed by atoms with Gasteiger partial charge in [-0.25, -0.2) is 0 Å². The van der Waals surface area contributed by atoms with Crippen molar-refractivity contribution in [1.29, 1.82) is 5.26 Å². The summed E-state index contributed by atoms with van der Waals surface area (Å²) in [5.41, 5.74) is 6.70. The van der Waals surface area contributed by atoms with E-state index in [1.165, 1.54) is 6.07 Å². The highest BCUT2D eigenvalue weighted by molar-refractivity contribution is 9.09. The predicted octanol–water partition coefficient (Wildman–Crippen LogP) is 1.32. The Labute approximate surface area is 102 Å². The summed E-state index contributed by atoms with van der Waals surface area (Å²) < 4.78 is 0. The summed E-state index contributed by atoms with van der Waals surface area (Å²) in [7, 11) is 0. The molecule has 5 heteroatoms. The minimum atomic E-state index is -1.06. The second-order valence-corrected chi connectivity index (χ2v) is 4.24. The predicted molar refractivity (Wildman–Crippen MR) is 64.9 cm³/mol. The molecule has 1 aromatic carbocycles. The van der Waals surface area contributed by atoms with E-state index < -0.39 is 12.2 Å². The minimum Gasteiger partial charge on any atom is -0.399 e. The Kier molecular flexibility index (Phi) is 4.74. The van der Waals surface area contributed by atoms with Crippen molar-refractivity contribution in [3.8, 4) is 6.07 Å². The van der Waals surface area contributed by atoms with Gasteiger partial charge in [-0.15, -0.1) is 0 Å². The van der Waals surface area contributed by atoms with Crippen LogP contribution in [0, 0.1) is 11.3 Å². The van der Waals surface area contributed by atoms with Crippen LogP contribution in [0.1, 0.15) is 23.7 Å². The summed E-state index contributed by atoms with van der Waals surface area (Å²) >= 11 is 3.18. The molecule has 0 fully saturated rings. The van der Waals surface area contributed by atoms with Crippen LogP contribution >= 0.6 is 15.9 Å². The molecule has 0 saturated heterocycles. The van der Waals surface area contributed by atoms with Crippen molar-refractivity contribution in [2.45, 2.75) is 18.6 Å². The van der Waals surface area contributed by atoms with E-state index in [-0.39, 0.29) is 0 Å². The highest BCUT2D eigenvalue weighted by atomic mass is 79.9. The maximum absolute atomic E-state index is 9.86. The Morgan fingerprint density at radius 3 is 2.69 bits per heavy atom. The summed E-state index contributed by atoms with van der Waals surface area (Å²) in [5, 5.41) is 29.0. The van der Waals surface area contributed by atoms with E-state index in [0.29, 0.717) is 28.6 Å². The topological polar surface area (TPSA) is 90.3 Å². The van der Waals surface area contributed by atoms with E-state index in [2.05, 4.69) is 15.9 Å². The molecule has 2 unspecified atom stereocenters. The van der Waals surface area contributed by atoms with Crippen LogP contribution in [0.25, 0.3) is 0 Å². The summed E-state index contributed by atoms with van der Waals surface area (Å²) in [6.07, 6.45) is -1.54. The first-order valence-electron chi connectivity index (χ1n) is 4.81. The third kappa shape index (κ3) is 2.95. The number of aliphatic hydroxyl groups excluding tert-OH is 2. The molecule has 0 aliphatic rings. The van der Waals surface area contributed by atoms with Gasteiger partial charge in [0, 0.05) is 16.6 Å². The molecule has 0 aliphatic heterocycles. The molecule has 2 atom stereocenters. The molecule has 0 saturated carbocycles. The minimum absolute atomic E-state index is 0.293. The Hall–Kier alpha value is -1.09. The standard InChI is InChI=1S/C11H13BrN2O2/c12-4-3-10(15)11(16)9-2-1-8(14)5-7(9)6-13/h1-2,5,10-11,15-16H,3-4,14H2. The molecule has 4 N–H and O–H groups in total. The van der Waals surface area contributed by atoms with Gasteiger partial charge < -0.3 is 15.9 Å². The van der Waals surface area contributed by atoms with Crippen molar-refractivity contribution in [3.63, 3.8) is 0 Å². The van der Waals surface area contributed by atoms with Crippen LogP contribution in [0.4, 0.5) is 5.69 Å². The molecular formula is C11H13BrN2O2. The fourth-order valence-corrected chi connectivity index (χ4v) is 1.87. The van der Waals surface area contributed by atoms with Gasteiger partial charge in [0.25, 0.3) is 0 Å². The van der Waals surface area contributed by atoms with Gasteiger partial charge >= 0.3 is 0 Å². The van der Waals surface area contributed by atoms with E-state index in [0.717, 1.165) is 0 Å². The number of nitrogen functional groups attached to an aromatic ring is 1. The number of nitrogens with two attached hydrogens (primary N) is 1. The number of hydrogen-bond acceptors (Lipinski definition) is 4. The van der Waals surface area contributed by atoms with Crippen molar-refractivity contribution in [3.05, 3.63) is 29.3 Å². The maximum Gasteiger partial charge on any atom is 0.106 e. The second-order valence-electron chi connectivity index (χ2n) is 3.45. The lowest BCUT2D eigenvalue weighted by atomic mass is 9.97. The van der Waals surface area contributed by atoms with Crippen LogP contribution in [-0.2, 0) is 0 Å².